The molecule has 1 amide bonds. The van der Waals surface area contributed by atoms with Crippen LogP contribution in [0.1, 0.15) is 43.9 Å². The third-order valence-electron chi connectivity index (χ3n) is 4.19. The van der Waals surface area contributed by atoms with Crippen LogP contribution in [-0.2, 0) is 24.2 Å². The molecule has 1 aromatic heterocycles. The number of nitrogens with one attached hydrogen (secondary N) is 1. The van der Waals surface area contributed by atoms with Crippen LogP contribution in [0.3, 0.4) is 0 Å². The summed E-state index contributed by atoms with van der Waals surface area (Å²) >= 11 is 0. The third-order valence-corrected chi connectivity index (χ3v) is 4.19. The standard InChI is InChI=1S/C18H24N4O/c1-13(2)10-18(23)19-15-8-9-16-20-21-17(22(16)12-15)11-14-6-4-3-5-7-14/h3-7,13,15H,8-12H2,1-2H3,(H,19,23). The minimum absolute atomic E-state index is 0.145. The summed E-state index contributed by atoms with van der Waals surface area (Å²) in [7, 11) is 0. The molecular weight excluding hydrogens is 288 g/mol. The van der Waals surface area contributed by atoms with E-state index in [4.69, 9.17) is 0 Å². The van der Waals surface area contributed by atoms with Crippen LogP contribution < -0.4 is 5.32 Å². The number of carbonyl (C=O) groups excluding carboxylic acids is 1. The Balaban J connectivity index is 1.67. The highest BCUT2D eigenvalue weighted by atomic mass is 16.1. The van der Waals surface area contributed by atoms with Gasteiger partial charge in [0.05, 0.1) is 0 Å². The average molecular weight is 312 g/mol. The fraction of sp³-hybridized carbons (Fsp3) is 0.500. The highest BCUT2D eigenvalue weighted by Crippen LogP contribution is 2.17. The van der Waals surface area contributed by atoms with Crippen molar-refractivity contribution in [2.24, 2.45) is 5.92 Å². The molecule has 1 atom stereocenters. The first kappa shape index (κ1) is 15.7. The number of amides is 1. The molecule has 0 fully saturated rings. The normalized spacial score (nSPS) is 17.1. The van der Waals surface area contributed by atoms with Crippen LogP contribution >= 0.6 is 0 Å². The van der Waals surface area contributed by atoms with E-state index in [0.29, 0.717) is 12.3 Å². The Morgan fingerprint density at radius 2 is 2.09 bits per heavy atom. The molecule has 1 N–H and O–H groups in total. The van der Waals surface area contributed by atoms with E-state index in [0.717, 1.165) is 37.5 Å². The summed E-state index contributed by atoms with van der Waals surface area (Å²) < 4.78 is 2.18. The molecule has 0 saturated heterocycles. The summed E-state index contributed by atoms with van der Waals surface area (Å²) in [4.78, 5) is 12.0. The smallest absolute Gasteiger partial charge is 0.220 e. The number of benzene rings is 1. The Morgan fingerprint density at radius 3 is 2.83 bits per heavy atom. The van der Waals surface area contributed by atoms with E-state index in [2.05, 4.69) is 46.1 Å². The zero-order valence-electron chi connectivity index (χ0n) is 13.8. The Kier molecular flexibility index (Phi) is 4.74. The summed E-state index contributed by atoms with van der Waals surface area (Å²) in [5.74, 6) is 2.54. The van der Waals surface area contributed by atoms with E-state index in [1.807, 2.05) is 18.2 Å². The molecular formula is C18H24N4O. The second kappa shape index (κ2) is 6.94. The van der Waals surface area contributed by atoms with Gasteiger partial charge in [-0.25, -0.2) is 0 Å². The summed E-state index contributed by atoms with van der Waals surface area (Å²) in [6.07, 6.45) is 3.17. The van der Waals surface area contributed by atoms with E-state index in [-0.39, 0.29) is 11.9 Å². The predicted molar refractivity (Wildman–Crippen MR) is 89.0 cm³/mol. The van der Waals surface area contributed by atoms with Gasteiger partial charge in [0.15, 0.2) is 0 Å². The second-order valence-corrected chi connectivity index (χ2v) is 6.71. The maximum atomic E-state index is 12.0. The number of hydrogen-bond acceptors (Lipinski definition) is 3. The minimum Gasteiger partial charge on any atom is -0.352 e. The molecule has 5 heteroatoms. The minimum atomic E-state index is 0.145. The second-order valence-electron chi connectivity index (χ2n) is 6.71. The zero-order chi connectivity index (χ0) is 16.2. The predicted octanol–water partition coefficient (Wildman–Crippen LogP) is 2.35. The van der Waals surface area contributed by atoms with Gasteiger partial charge >= 0.3 is 0 Å². The van der Waals surface area contributed by atoms with E-state index >= 15 is 0 Å². The van der Waals surface area contributed by atoms with Crippen LogP contribution in [0.15, 0.2) is 30.3 Å². The van der Waals surface area contributed by atoms with Gasteiger partial charge in [-0.2, -0.15) is 0 Å². The number of nitrogens with zero attached hydrogens (tertiary/aromatic N) is 3. The Bertz CT molecular complexity index is 663. The van der Waals surface area contributed by atoms with E-state index in [1.54, 1.807) is 0 Å². The molecule has 0 bridgehead atoms. The highest BCUT2D eigenvalue weighted by molar-refractivity contribution is 5.76. The molecule has 5 nitrogen and oxygen atoms in total. The molecule has 1 unspecified atom stereocenters. The molecule has 0 aliphatic carbocycles. The first-order valence-corrected chi connectivity index (χ1v) is 8.36. The Labute approximate surface area is 137 Å². The maximum Gasteiger partial charge on any atom is 0.220 e. The number of fused-ring (bicyclic) bond motifs is 1. The van der Waals surface area contributed by atoms with Crippen LogP contribution in [0.5, 0.6) is 0 Å². The Morgan fingerprint density at radius 1 is 1.30 bits per heavy atom. The van der Waals surface area contributed by atoms with Crippen molar-refractivity contribution in [2.45, 2.75) is 52.1 Å². The van der Waals surface area contributed by atoms with Crippen molar-refractivity contribution in [1.82, 2.24) is 20.1 Å². The van der Waals surface area contributed by atoms with Crippen molar-refractivity contribution in [2.75, 3.05) is 0 Å². The molecule has 1 aromatic carbocycles. The van der Waals surface area contributed by atoms with Crippen LogP contribution in [-0.4, -0.2) is 26.7 Å². The monoisotopic (exact) mass is 312 g/mol. The SMILES string of the molecule is CC(C)CC(=O)NC1CCc2nnc(Cc3ccccc3)n2C1. The molecule has 122 valence electrons. The lowest BCUT2D eigenvalue weighted by Gasteiger charge is -2.25. The summed E-state index contributed by atoms with van der Waals surface area (Å²) in [6.45, 7) is 4.90. The largest absolute Gasteiger partial charge is 0.352 e. The number of aryl methyl sites for hydroxylation is 1. The maximum absolute atomic E-state index is 12.0. The first-order chi connectivity index (χ1) is 11.1. The van der Waals surface area contributed by atoms with Crippen LogP contribution in [0, 0.1) is 5.92 Å². The quantitative estimate of drug-likeness (QED) is 0.922. The topological polar surface area (TPSA) is 59.8 Å². The van der Waals surface area contributed by atoms with Crippen LogP contribution in [0.2, 0.25) is 0 Å². The molecule has 1 aliphatic heterocycles. The molecule has 0 radical (unpaired) electrons. The van der Waals surface area contributed by atoms with Gasteiger partial charge in [0, 0.05) is 31.8 Å². The molecule has 2 aromatic rings. The summed E-state index contributed by atoms with van der Waals surface area (Å²) in [6, 6.07) is 10.5. The van der Waals surface area contributed by atoms with Gasteiger partial charge < -0.3 is 9.88 Å². The van der Waals surface area contributed by atoms with Crippen molar-refractivity contribution in [3.05, 3.63) is 47.5 Å². The van der Waals surface area contributed by atoms with Crippen LogP contribution in [0.25, 0.3) is 0 Å². The molecule has 0 spiro atoms. The molecule has 0 saturated carbocycles. The van der Waals surface area contributed by atoms with Gasteiger partial charge in [0.2, 0.25) is 5.91 Å². The van der Waals surface area contributed by atoms with Crippen molar-refractivity contribution < 1.29 is 4.79 Å². The number of carbonyl (C=O) groups is 1. The van der Waals surface area contributed by atoms with E-state index < -0.39 is 0 Å². The molecule has 3 rings (SSSR count). The van der Waals surface area contributed by atoms with Gasteiger partial charge in [0.25, 0.3) is 0 Å². The zero-order valence-corrected chi connectivity index (χ0v) is 13.8. The number of rotatable bonds is 5. The van der Waals surface area contributed by atoms with Gasteiger partial charge in [-0.1, -0.05) is 44.2 Å². The summed E-state index contributed by atoms with van der Waals surface area (Å²) in [5.41, 5.74) is 1.23. The van der Waals surface area contributed by atoms with Gasteiger partial charge in [-0.05, 0) is 17.9 Å². The van der Waals surface area contributed by atoms with Crippen molar-refractivity contribution in [1.29, 1.82) is 0 Å². The van der Waals surface area contributed by atoms with E-state index in [9.17, 15) is 4.79 Å². The van der Waals surface area contributed by atoms with Crippen molar-refractivity contribution >= 4 is 5.91 Å². The average Bonchev–Trinajstić information content (AvgIpc) is 2.90. The van der Waals surface area contributed by atoms with Gasteiger partial charge in [-0.15, -0.1) is 10.2 Å². The van der Waals surface area contributed by atoms with Crippen molar-refractivity contribution in [3.63, 3.8) is 0 Å². The van der Waals surface area contributed by atoms with Crippen LogP contribution in [0.4, 0.5) is 0 Å². The fourth-order valence-corrected chi connectivity index (χ4v) is 3.07. The third kappa shape index (κ3) is 3.97. The highest BCUT2D eigenvalue weighted by Gasteiger charge is 2.24. The molecule has 23 heavy (non-hydrogen) atoms. The van der Waals surface area contributed by atoms with E-state index in [1.165, 1.54) is 5.56 Å². The molecule has 1 aliphatic rings. The van der Waals surface area contributed by atoms with Gasteiger partial charge in [0.1, 0.15) is 11.6 Å². The summed E-state index contributed by atoms with van der Waals surface area (Å²) in [5, 5.41) is 11.8. The number of hydrogen-bond donors (Lipinski definition) is 1. The van der Waals surface area contributed by atoms with Crippen molar-refractivity contribution in [3.8, 4) is 0 Å². The lowest BCUT2D eigenvalue weighted by Crippen LogP contribution is -2.41. The lowest BCUT2D eigenvalue weighted by atomic mass is 10.0. The number of aromatic nitrogens is 3. The first-order valence-electron chi connectivity index (χ1n) is 8.36. The Hall–Kier alpha value is -2.17. The fourth-order valence-electron chi connectivity index (χ4n) is 3.07. The van der Waals surface area contributed by atoms with Gasteiger partial charge in [-0.3, -0.25) is 4.79 Å². The molecule has 2 heterocycles. The lowest BCUT2D eigenvalue weighted by molar-refractivity contribution is -0.122.